The highest BCUT2D eigenvalue weighted by Crippen LogP contribution is 2.56. The number of rotatable bonds is 1. The Morgan fingerprint density at radius 1 is 1.28 bits per heavy atom. The van der Waals surface area contributed by atoms with Gasteiger partial charge in [0.15, 0.2) is 11.6 Å². The monoisotopic (exact) mass is 412 g/mol. The number of fused-ring (bicyclic) bond motifs is 5. The molecule has 1 aromatic carbocycles. The number of anilines is 2. The number of amides is 1. The van der Waals surface area contributed by atoms with Crippen molar-refractivity contribution < 1.29 is 14.0 Å². The average Bonchev–Trinajstić information content (AvgIpc) is 3.26. The maximum atomic E-state index is 14.5. The Morgan fingerprint density at radius 3 is 2.97 bits per heavy atom. The van der Waals surface area contributed by atoms with E-state index in [1.54, 1.807) is 23.9 Å². The first-order valence-electron chi connectivity index (χ1n) is 9.82. The summed E-state index contributed by atoms with van der Waals surface area (Å²) in [5.41, 5.74) is 7.32. The van der Waals surface area contributed by atoms with Crippen molar-refractivity contribution >= 4 is 35.1 Å². The van der Waals surface area contributed by atoms with Gasteiger partial charge in [0.25, 0.3) is 0 Å². The number of thioether (sulfide) groups is 1. The van der Waals surface area contributed by atoms with Gasteiger partial charge in [0.2, 0.25) is 11.9 Å². The molecule has 3 N–H and O–H groups in total. The summed E-state index contributed by atoms with van der Waals surface area (Å²) in [6.07, 6.45) is 3.29. The number of nitrogens with zero attached hydrogens (tertiary/aromatic N) is 2. The topological polar surface area (TPSA) is 98.0 Å². The third-order valence-corrected chi connectivity index (χ3v) is 7.95. The standard InChI is InChI=1S/C21H21FN4O2S/c22-15-8-24-21-25-12-3-1-2-10(4-12)17(27)9-29-18-6-11-5-13(18)14(7-16(15)26-21)19(11)20(23)28/h1-4,8,11,13-14,18-19H,5-7,9H2,(H2,23,28)(H,24,25,26). The van der Waals surface area contributed by atoms with Gasteiger partial charge in [0, 0.05) is 22.4 Å². The molecule has 1 amide bonds. The summed E-state index contributed by atoms with van der Waals surface area (Å²) >= 11 is 1.66. The van der Waals surface area contributed by atoms with Crippen LogP contribution in [0.3, 0.4) is 0 Å². The third kappa shape index (κ3) is 3.29. The Balaban J connectivity index is 1.56. The summed E-state index contributed by atoms with van der Waals surface area (Å²) < 4.78 is 14.5. The fourth-order valence-electron chi connectivity index (χ4n) is 5.34. The summed E-state index contributed by atoms with van der Waals surface area (Å²) in [6, 6.07) is 7.19. The van der Waals surface area contributed by atoms with Gasteiger partial charge in [-0.15, -0.1) is 11.8 Å². The molecule has 0 radical (unpaired) electrons. The number of carbonyl (C=O) groups is 2. The molecule has 2 aliphatic carbocycles. The number of hydrogen-bond donors (Lipinski definition) is 2. The van der Waals surface area contributed by atoms with Crippen molar-refractivity contribution in [2.24, 2.45) is 29.4 Å². The summed E-state index contributed by atoms with van der Waals surface area (Å²) in [6.45, 7) is 0. The minimum absolute atomic E-state index is 0.0585. The SMILES string of the molecule is NC(=O)C1C2CC3SCC(=O)c4cccc(c4)Nc4ncc(F)c(n4)CC1C3C2. The fourth-order valence-corrected chi connectivity index (χ4v) is 6.81. The van der Waals surface area contributed by atoms with Crippen molar-refractivity contribution in [3.8, 4) is 0 Å². The number of aromatic nitrogens is 2. The first-order valence-corrected chi connectivity index (χ1v) is 10.9. The van der Waals surface area contributed by atoms with Gasteiger partial charge in [-0.3, -0.25) is 9.59 Å². The molecule has 1 aromatic heterocycles. The highest BCUT2D eigenvalue weighted by atomic mass is 32.2. The Bertz CT molecular complexity index is 1000. The van der Waals surface area contributed by atoms with E-state index in [9.17, 15) is 14.0 Å². The highest BCUT2D eigenvalue weighted by molar-refractivity contribution is 8.00. The number of nitrogens with two attached hydrogens (primary N) is 1. The summed E-state index contributed by atoms with van der Waals surface area (Å²) in [5, 5.41) is 3.33. The first kappa shape index (κ1) is 18.5. The van der Waals surface area contributed by atoms with Gasteiger partial charge in [-0.1, -0.05) is 12.1 Å². The number of benzene rings is 1. The zero-order chi connectivity index (χ0) is 20.1. The second-order valence-corrected chi connectivity index (χ2v) is 9.39. The number of carbonyl (C=O) groups excluding carboxylic acids is 2. The molecule has 2 heterocycles. The summed E-state index contributed by atoms with van der Waals surface area (Å²) in [7, 11) is 0. The van der Waals surface area contributed by atoms with E-state index in [1.807, 2.05) is 12.1 Å². The van der Waals surface area contributed by atoms with E-state index in [1.165, 1.54) is 0 Å². The van der Waals surface area contributed by atoms with Crippen LogP contribution in [-0.2, 0) is 11.2 Å². The van der Waals surface area contributed by atoms with Crippen LogP contribution in [0, 0.1) is 29.5 Å². The van der Waals surface area contributed by atoms with Crippen LogP contribution < -0.4 is 11.1 Å². The smallest absolute Gasteiger partial charge is 0.227 e. The highest BCUT2D eigenvalue weighted by Gasteiger charge is 2.54. The number of Topliss-reactive ketones (excluding diaryl/α,β-unsaturated/α-hetero) is 1. The van der Waals surface area contributed by atoms with E-state index in [-0.39, 0.29) is 46.6 Å². The quantitative estimate of drug-likeness (QED) is 0.747. The van der Waals surface area contributed by atoms with Gasteiger partial charge >= 0.3 is 0 Å². The van der Waals surface area contributed by atoms with E-state index >= 15 is 0 Å². The zero-order valence-corrected chi connectivity index (χ0v) is 16.5. The number of primary amides is 1. The largest absolute Gasteiger partial charge is 0.369 e. The molecule has 5 rings (SSSR count). The Morgan fingerprint density at radius 2 is 2.14 bits per heavy atom. The molecular formula is C21H21FN4O2S. The Labute approximate surface area is 171 Å². The minimum atomic E-state index is -0.471. The molecule has 3 aliphatic rings. The van der Waals surface area contributed by atoms with E-state index in [2.05, 4.69) is 15.3 Å². The van der Waals surface area contributed by atoms with Crippen LogP contribution in [0.2, 0.25) is 0 Å². The van der Waals surface area contributed by atoms with E-state index in [0.717, 1.165) is 19.0 Å². The Hall–Kier alpha value is -2.48. The lowest BCUT2D eigenvalue weighted by atomic mass is 9.76. The third-order valence-electron chi connectivity index (χ3n) is 6.55. The molecule has 6 bridgehead atoms. The molecule has 29 heavy (non-hydrogen) atoms. The molecule has 2 fully saturated rings. The van der Waals surface area contributed by atoms with Crippen LogP contribution in [0.1, 0.15) is 28.9 Å². The fraction of sp³-hybridized carbons (Fsp3) is 0.429. The predicted molar refractivity (Wildman–Crippen MR) is 108 cm³/mol. The molecule has 2 aromatic rings. The molecule has 8 heteroatoms. The number of nitrogens with one attached hydrogen (secondary N) is 1. The zero-order valence-electron chi connectivity index (χ0n) is 15.7. The van der Waals surface area contributed by atoms with Gasteiger partial charge in [0.05, 0.1) is 17.6 Å². The van der Waals surface area contributed by atoms with Crippen LogP contribution in [0.5, 0.6) is 0 Å². The van der Waals surface area contributed by atoms with E-state index in [4.69, 9.17) is 5.73 Å². The average molecular weight is 412 g/mol. The molecule has 5 unspecified atom stereocenters. The lowest BCUT2D eigenvalue weighted by Crippen LogP contribution is -2.39. The minimum Gasteiger partial charge on any atom is -0.369 e. The van der Waals surface area contributed by atoms with Crippen molar-refractivity contribution in [1.29, 1.82) is 0 Å². The van der Waals surface area contributed by atoms with E-state index < -0.39 is 5.82 Å². The lowest BCUT2D eigenvalue weighted by Gasteiger charge is -2.34. The van der Waals surface area contributed by atoms with Crippen LogP contribution in [0.4, 0.5) is 16.0 Å². The number of halogens is 1. The molecule has 5 atom stereocenters. The van der Waals surface area contributed by atoms with Gasteiger partial charge < -0.3 is 11.1 Å². The second-order valence-electron chi connectivity index (χ2n) is 8.16. The summed E-state index contributed by atoms with van der Waals surface area (Å²) in [4.78, 5) is 33.3. The van der Waals surface area contributed by atoms with Gasteiger partial charge in [-0.2, -0.15) is 0 Å². The van der Waals surface area contributed by atoms with Crippen molar-refractivity contribution in [3.05, 3.63) is 47.5 Å². The second kappa shape index (κ2) is 7.09. The molecule has 2 saturated carbocycles. The number of hydrogen-bond acceptors (Lipinski definition) is 6. The normalized spacial score (nSPS) is 30.5. The van der Waals surface area contributed by atoms with Crippen LogP contribution in [-0.4, -0.2) is 32.7 Å². The van der Waals surface area contributed by atoms with Gasteiger partial charge in [-0.25, -0.2) is 14.4 Å². The van der Waals surface area contributed by atoms with Crippen molar-refractivity contribution in [2.45, 2.75) is 24.5 Å². The van der Waals surface area contributed by atoms with Crippen LogP contribution >= 0.6 is 11.8 Å². The van der Waals surface area contributed by atoms with Crippen LogP contribution in [0.25, 0.3) is 0 Å². The molecule has 0 saturated heterocycles. The summed E-state index contributed by atoms with van der Waals surface area (Å²) in [5.74, 6) is 0.0595. The maximum Gasteiger partial charge on any atom is 0.227 e. The van der Waals surface area contributed by atoms with E-state index in [0.29, 0.717) is 29.1 Å². The van der Waals surface area contributed by atoms with Crippen LogP contribution in [0.15, 0.2) is 30.5 Å². The molecule has 150 valence electrons. The van der Waals surface area contributed by atoms with Crippen molar-refractivity contribution in [3.63, 3.8) is 0 Å². The molecular weight excluding hydrogens is 391 g/mol. The van der Waals surface area contributed by atoms with Crippen molar-refractivity contribution in [2.75, 3.05) is 11.1 Å². The van der Waals surface area contributed by atoms with Gasteiger partial charge in [0.1, 0.15) is 0 Å². The van der Waals surface area contributed by atoms with Gasteiger partial charge in [-0.05, 0) is 49.1 Å². The number of ketones is 1. The van der Waals surface area contributed by atoms with Crippen molar-refractivity contribution in [1.82, 2.24) is 9.97 Å². The predicted octanol–water partition coefficient (Wildman–Crippen LogP) is 2.96. The molecule has 6 nitrogen and oxygen atoms in total. The first-order chi connectivity index (χ1) is 14.0. The lowest BCUT2D eigenvalue weighted by molar-refractivity contribution is -0.125. The maximum absolute atomic E-state index is 14.5. The molecule has 0 spiro atoms. The Kier molecular flexibility index (Phi) is 4.53. The molecule has 1 aliphatic heterocycles.